The minimum Gasteiger partial charge on any atom is -0.0798 e. The van der Waals surface area contributed by atoms with Gasteiger partial charge in [-0.1, -0.05) is 48.9 Å². The van der Waals surface area contributed by atoms with Gasteiger partial charge in [0.2, 0.25) is 0 Å². The van der Waals surface area contributed by atoms with Crippen molar-refractivity contribution in [3.63, 3.8) is 0 Å². The number of rotatable bonds is 2. The molecule has 0 nitrogen and oxygen atoms in total. The molecular weight excluding hydrogens is 144 g/mol. The van der Waals surface area contributed by atoms with Crippen LogP contribution in [0.1, 0.15) is 32.3 Å². The smallest absolute Gasteiger partial charge is 0.000797 e. The van der Waals surface area contributed by atoms with Gasteiger partial charge in [0.1, 0.15) is 0 Å². The summed E-state index contributed by atoms with van der Waals surface area (Å²) in [5, 5.41) is 0. The molecule has 0 aromatic heterocycles. The predicted molar refractivity (Wildman–Crippen MR) is 54.3 cm³/mol. The zero-order valence-electron chi connectivity index (χ0n) is 8.04. The molecule has 12 heavy (non-hydrogen) atoms. The van der Waals surface area contributed by atoms with Gasteiger partial charge in [-0.25, -0.2) is 0 Å². The standard InChI is InChI=1S/C12H16/c1-10(2)9-11(3)12-7-5-4-6-8-12/h4-9,11H,1-3H3/t11-/m0/s1. The van der Waals surface area contributed by atoms with Gasteiger partial charge in [0, 0.05) is 0 Å². The third-order valence-electron chi connectivity index (χ3n) is 1.91. The van der Waals surface area contributed by atoms with E-state index in [9.17, 15) is 0 Å². The first-order valence-corrected chi connectivity index (χ1v) is 4.40. The molecule has 0 fully saturated rings. The first-order chi connectivity index (χ1) is 5.70. The molecule has 0 amide bonds. The Balaban J connectivity index is 2.79. The number of allylic oxidation sites excluding steroid dienone is 2. The zero-order chi connectivity index (χ0) is 8.97. The predicted octanol–water partition coefficient (Wildman–Crippen LogP) is 3.76. The Hall–Kier alpha value is -1.04. The lowest BCUT2D eigenvalue weighted by molar-refractivity contribution is 0.952. The van der Waals surface area contributed by atoms with Crippen molar-refractivity contribution in [3.05, 3.63) is 47.5 Å². The molecule has 0 saturated heterocycles. The summed E-state index contributed by atoms with van der Waals surface area (Å²) < 4.78 is 0. The Morgan fingerprint density at radius 2 is 1.75 bits per heavy atom. The molecule has 0 unspecified atom stereocenters. The van der Waals surface area contributed by atoms with Gasteiger partial charge in [-0.05, 0) is 25.3 Å². The van der Waals surface area contributed by atoms with E-state index in [0.29, 0.717) is 5.92 Å². The zero-order valence-corrected chi connectivity index (χ0v) is 8.04. The minimum absolute atomic E-state index is 0.538. The maximum atomic E-state index is 2.29. The SMILES string of the molecule is CC(C)=C[C@H](C)c1ccccc1. The van der Waals surface area contributed by atoms with Gasteiger partial charge in [-0.2, -0.15) is 0 Å². The van der Waals surface area contributed by atoms with Crippen LogP contribution in [0.15, 0.2) is 42.0 Å². The summed E-state index contributed by atoms with van der Waals surface area (Å²) in [6, 6.07) is 10.6. The molecule has 64 valence electrons. The number of hydrogen-bond acceptors (Lipinski definition) is 0. The van der Waals surface area contributed by atoms with E-state index in [1.807, 2.05) is 0 Å². The molecular formula is C12H16. The Morgan fingerprint density at radius 3 is 2.25 bits per heavy atom. The van der Waals surface area contributed by atoms with Crippen LogP contribution >= 0.6 is 0 Å². The Labute approximate surface area is 74.9 Å². The summed E-state index contributed by atoms with van der Waals surface area (Å²) in [5.41, 5.74) is 2.77. The highest BCUT2D eigenvalue weighted by Gasteiger charge is 1.98. The van der Waals surface area contributed by atoms with Crippen LogP contribution in [0.25, 0.3) is 0 Å². The van der Waals surface area contributed by atoms with Gasteiger partial charge in [0.25, 0.3) is 0 Å². The molecule has 0 aliphatic heterocycles. The normalized spacial score (nSPS) is 12.2. The van der Waals surface area contributed by atoms with Crippen LogP contribution in [0, 0.1) is 0 Å². The topological polar surface area (TPSA) is 0 Å². The van der Waals surface area contributed by atoms with Crippen molar-refractivity contribution in [3.8, 4) is 0 Å². The molecule has 0 heteroatoms. The minimum atomic E-state index is 0.538. The summed E-state index contributed by atoms with van der Waals surface area (Å²) in [4.78, 5) is 0. The third-order valence-corrected chi connectivity index (χ3v) is 1.91. The molecule has 1 atom stereocenters. The van der Waals surface area contributed by atoms with Gasteiger partial charge < -0.3 is 0 Å². The quantitative estimate of drug-likeness (QED) is 0.578. The van der Waals surface area contributed by atoms with Crippen LogP contribution in [0.4, 0.5) is 0 Å². The third kappa shape index (κ3) is 2.54. The summed E-state index contributed by atoms with van der Waals surface area (Å²) in [6.07, 6.45) is 2.29. The van der Waals surface area contributed by atoms with E-state index in [4.69, 9.17) is 0 Å². The lowest BCUT2D eigenvalue weighted by atomic mass is 9.99. The van der Waals surface area contributed by atoms with Crippen molar-refractivity contribution < 1.29 is 0 Å². The molecule has 0 bridgehead atoms. The molecule has 0 aliphatic carbocycles. The van der Waals surface area contributed by atoms with Crippen molar-refractivity contribution in [1.29, 1.82) is 0 Å². The number of hydrogen-bond donors (Lipinski definition) is 0. The van der Waals surface area contributed by atoms with Gasteiger partial charge in [0.15, 0.2) is 0 Å². The van der Waals surface area contributed by atoms with Gasteiger partial charge >= 0.3 is 0 Å². The monoisotopic (exact) mass is 160 g/mol. The fourth-order valence-corrected chi connectivity index (χ4v) is 1.35. The molecule has 1 aromatic rings. The molecule has 0 radical (unpaired) electrons. The van der Waals surface area contributed by atoms with E-state index >= 15 is 0 Å². The molecule has 1 aromatic carbocycles. The maximum Gasteiger partial charge on any atom is -0.000797 e. The molecule has 0 heterocycles. The van der Waals surface area contributed by atoms with E-state index in [2.05, 4.69) is 57.2 Å². The van der Waals surface area contributed by atoms with Crippen LogP contribution in [-0.2, 0) is 0 Å². The molecule has 1 rings (SSSR count). The van der Waals surface area contributed by atoms with Crippen LogP contribution in [0.2, 0.25) is 0 Å². The van der Waals surface area contributed by atoms with Crippen molar-refractivity contribution in [2.75, 3.05) is 0 Å². The van der Waals surface area contributed by atoms with E-state index in [0.717, 1.165) is 0 Å². The van der Waals surface area contributed by atoms with Gasteiger partial charge in [-0.15, -0.1) is 0 Å². The van der Waals surface area contributed by atoms with Crippen LogP contribution in [0.3, 0.4) is 0 Å². The lowest BCUT2D eigenvalue weighted by Crippen LogP contribution is -1.88. The summed E-state index contributed by atoms with van der Waals surface area (Å²) in [6.45, 7) is 6.50. The van der Waals surface area contributed by atoms with Crippen molar-refractivity contribution >= 4 is 0 Å². The Kier molecular flexibility index (Phi) is 3.09. The summed E-state index contributed by atoms with van der Waals surface area (Å²) in [5.74, 6) is 0.538. The molecule has 0 N–H and O–H groups in total. The van der Waals surface area contributed by atoms with Gasteiger partial charge in [-0.3, -0.25) is 0 Å². The highest BCUT2D eigenvalue weighted by atomic mass is 14.0. The van der Waals surface area contributed by atoms with Crippen LogP contribution in [-0.4, -0.2) is 0 Å². The average molecular weight is 160 g/mol. The molecule has 0 saturated carbocycles. The first kappa shape index (κ1) is 9.05. The van der Waals surface area contributed by atoms with Crippen molar-refractivity contribution in [2.24, 2.45) is 0 Å². The first-order valence-electron chi connectivity index (χ1n) is 4.40. The lowest BCUT2D eigenvalue weighted by Gasteiger charge is -2.06. The fourth-order valence-electron chi connectivity index (χ4n) is 1.35. The van der Waals surface area contributed by atoms with Gasteiger partial charge in [0.05, 0.1) is 0 Å². The fraction of sp³-hybridized carbons (Fsp3) is 0.333. The largest absolute Gasteiger partial charge is 0.0798 e. The highest BCUT2D eigenvalue weighted by molar-refractivity contribution is 5.23. The van der Waals surface area contributed by atoms with E-state index in [1.54, 1.807) is 0 Å². The Bertz CT molecular complexity index is 253. The Morgan fingerprint density at radius 1 is 1.17 bits per heavy atom. The summed E-state index contributed by atoms with van der Waals surface area (Å²) in [7, 11) is 0. The van der Waals surface area contributed by atoms with E-state index < -0.39 is 0 Å². The number of benzene rings is 1. The van der Waals surface area contributed by atoms with Crippen LogP contribution < -0.4 is 0 Å². The molecule has 0 spiro atoms. The second-order valence-corrected chi connectivity index (χ2v) is 3.44. The maximum absolute atomic E-state index is 2.29. The summed E-state index contributed by atoms with van der Waals surface area (Å²) >= 11 is 0. The van der Waals surface area contributed by atoms with E-state index in [-0.39, 0.29) is 0 Å². The second-order valence-electron chi connectivity index (χ2n) is 3.44. The van der Waals surface area contributed by atoms with Crippen molar-refractivity contribution in [1.82, 2.24) is 0 Å². The molecule has 0 aliphatic rings. The van der Waals surface area contributed by atoms with Crippen LogP contribution in [0.5, 0.6) is 0 Å². The second kappa shape index (κ2) is 4.10. The van der Waals surface area contributed by atoms with Crippen molar-refractivity contribution in [2.45, 2.75) is 26.7 Å². The average Bonchev–Trinajstić information content (AvgIpc) is 2.05. The van der Waals surface area contributed by atoms with E-state index in [1.165, 1.54) is 11.1 Å². The highest BCUT2D eigenvalue weighted by Crippen LogP contribution is 2.17.